The van der Waals surface area contributed by atoms with Crippen LogP contribution >= 0.6 is 11.6 Å². The molecule has 2 aromatic rings. The maximum absolute atomic E-state index is 10.0. The van der Waals surface area contributed by atoms with Crippen molar-refractivity contribution in [1.82, 2.24) is 4.57 Å². The van der Waals surface area contributed by atoms with Gasteiger partial charge in [-0.1, -0.05) is 50.6 Å². The fourth-order valence-electron chi connectivity index (χ4n) is 2.70. The fraction of sp³-hybridized carbons (Fsp3) is 0.500. The molecule has 1 unspecified atom stereocenters. The highest BCUT2D eigenvalue weighted by Crippen LogP contribution is 2.36. The van der Waals surface area contributed by atoms with Gasteiger partial charge in [-0.15, -0.1) is 0 Å². The van der Waals surface area contributed by atoms with Crippen LogP contribution in [0.3, 0.4) is 0 Å². The number of hydrogen-bond acceptors (Lipinski definition) is 1. The average Bonchev–Trinajstić information content (AvgIpc) is 2.61. The quantitative estimate of drug-likeness (QED) is 0.871. The Morgan fingerprint density at radius 3 is 2.47 bits per heavy atom. The summed E-state index contributed by atoms with van der Waals surface area (Å²) in [6.07, 6.45) is 0.421. The van der Waals surface area contributed by atoms with Crippen molar-refractivity contribution in [2.45, 2.75) is 46.8 Å². The van der Waals surface area contributed by atoms with Crippen LogP contribution in [0.4, 0.5) is 0 Å². The molecule has 1 aromatic carbocycles. The molecule has 104 valence electrons. The second-order valence-electron chi connectivity index (χ2n) is 5.55. The third-order valence-electron chi connectivity index (χ3n) is 3.49. The van der Waals surface area contributed by atoms with E-state index in [1.54, 1.807) is 6.92 Å². The molecule has 2 nitrogen and oxygen atoms in total. The first-order valence-corrected chi connectivity index (χ1v) is 7.32. The monoisotopic (exact) mass is 279 g/mol. The van der Waals surface area contributed by atoms with E-state index in [1.807, 2.05) is 6.07 Å². The summed E-state index contributed by atoms with van der Waals surface area (Å²) in [6, 6.07) is 6.24. The molecule has 3 heteroatoms. The van der Waals surface area contributed by atoms with Crippen LogP contribution in [0.15, 0.2) is 18.2 Å². The van der Waals surface area contributed by atoms with E-state index < -0.39 is 6.10 Å². The summed E-state index contributed by atoms with van der Waals surface area (Å²) in [5.74, 6) is 0.514. The first-order valence-electron chi connectivity index (χ1n) is 6.94. The van der Waals surface area contributed by atoms with E-state index in [2.05, 4.69) is 37.5 Å². The van der Waals surface area contributed by atoms with Gasteiger partial charge in [0.25, 0.3) is 0 Å². The second kappa shape index (κ2) is 5.56. The van der Waals surface area contributed by atoms with Crippen molar-refractivity contribution >= 4 is 22.5 Å². The second-order valence-corrected chi connectivity index (χ2v) is 5.91. The molecule has 1 heterocycles. The summed E-state index contributed by atoms with van der Waals surface area (Å²) in [5, 5.41) is 11.8. The number of aliphatic hydroxyl groups excluding tert-OH is 1. The normalized spacial score (nSPS) is 13.4. The lowest BCUT2D eigenvalue weighted by molar-refractivity contribution is 0.200. The van der Waals surface area contributed by atoms with Gasteiger partial charge < -0.3 is 9.67 Å². The van der Waals surface area contributed by atoms with E-state index in [4.69, 9.17) is 11.6 Å². The standard InChI is InChI=1S/C16H22ClNO/c1-5-12-7-6-8-13-14(11(4)19)16(17)18(15(12)13)9-10(2)3/h6-8,10-11,19H,5,9H2,1-4H3. The van der Waals surface area contributed by atoms with Crippen LogP contribution in [0.2, 0.25) is 5.15 Å². The number of fused-ring (bicyclic) bond motifs is 1. The molecule has 0 saturated heterocycles. The zero-order chi connectivity index (χ0) is 14.2. The molecule has 19 heavy (non-hydrogen) atoms. The summed E-state index contributed by atoms with van der Waals surface area (Å²) in [7, 11) is 0. The minimum Gasteiger partial charge on any atom is -0.389 e. The maximum Gasteiger partial charge on any atom is 0.115 e. The predicted octanol–water partition coefficient (Wildman–Crippen LogP) is 4.57. The molecule has 0 amide bonds. The van der Waals surface area contributed by atoms with E-state index in [0.717, 1.165) is 23.9 Å². The average molecular weight is 280 g/mol. The van der Waals surface area contributed by atoms with Crippen LogP contribution in [0.5, 0.6) is 0 Å². The summed E-state index contributed by atoms with van der Waals surface area (Å²) < 4.78 is 2.16. The number of aliphatic hydroxyl groups is 1. The minimum atomic E-state index is -0.546. The molecule has 0 fully saturated rings. The van der Waals surface area contributed by atoms with E-state index in [9.17, 15) is 5.11 Å². The van der Waals surface area contributed by atoms with Crippen molar-refractivity contribution in [3.63, 3.8) is 0 Å². The number of halogens is 1. The minimum absolute atomic E-state index is 0.514. The summed E-state index contributed by atoms with van der Waals surface area (Å²) in [5.41, 5.74) is 3.32. The van der Waals surface area contributed by atoms with E-state index in [1.165, 1.54) is 11.1 Å². The van der Waals surface area contributed by atoms with Gasteiger partial charge in [0.05, 0.1) is 11.6 Å². The van der Waals surface area contributed by atoms with Crippen molar-refractivity contribution in [2.75, 3.05) is 0 Å². The van der Waals surface area contributed by atoms with Gasteiger partial charge in [0.2, 0.25) is 0 Å². The molecule has 0 aliphatic heterocycles. The first kappa shape index (κ1) is 14.4. The lowest BCUT2D eigenvalue weighted by atomic mass is 10.0. The Kier molecular flexibility index (Phi) is 4.22. The van der Waals surface area contributed by atoms with Crippen molar-refractivity contribution in [2.24, 2.45) is 5.92 Å². The molecule has 0 aliphatic carbocycles. The van der Waals surface area contributed by atoms with Crippen LogP contribution in [-0.4, -0.2) is 9.67 Å². The van der Waals surface area contributed by atoms with E-state index >= 15 is 0 Å². The molecule has 0 aliphatic rings. The Balaban J connectivity index is 2.80. The van der Waals surface area contributed by atoms with Gasteiger partial charge in [-0.25, -0.2) is 0 Å². The topological polar surface area (TPSA) is 25.2 Å². The van der Waals surface area contributed by atoms with Crippen LogP contribution < -0.4 is 0 Å². The van der Waals surface area contributed by atoms with Crippen LogP contribution in [-0.2, 0) is 13.0 Å². The molecule has 2 rings (SSSR count). The van der Waals surface area contributed by atoms with Gasteiger partial charge in [0, 0.05) is 17.5 Å². The van der Waals surface area contributed by atoms with Gasteiger partial charge in [-0.05, 0) is 24.8 Å². The van der Waals surface area contributed by atoms with E-state index in [0.29, 0.717) is 11.1 Å². The lowest BCUT2D eigenvalue weighted by Crippen LogP contribution is -2.05. The Hall–Kier alpha value is -0.990. The van der Waals surface area contributed by atoms with Crippen LogP contribution in [0, 0.1) is 5.92 Å². The van der Waals surface area contributed by atoms with Gasteiger partial charge in [-0.2, -0.15) is 0 Å². The molecule has 1 aromatic heterocycles. The highest BCUT2D eigenvalue weighted by molar-refractivity contribution is 6.32. The molecule has 0 saturated carbocycles. The number of aryl methyl sites for hydroxylation is 1. The summed E-state index contributed by atoms with van der Waals surface area (Å²) in [6.45, 7) is 9.16. The largest absolute Gasteiger partial charge is 0.389 e. The van der Waals surface area contributed by atoms with Crippen molar-refractivity contribution in [3.05, 3.63) is 34.5 Å². The van der Waals surface area contributed by atoms with E-state index in [-0.39, 0.29) is 0 Å². The zero-order valence-electron chi connectivity index (χ0n) is 12.1. The predicted molar refractivity (Wildman–Crippen MR) is 81.8 cm³/mol. The molecular weight excluding hydrogens is 258 g/mol. The number of rotatable bonds is 4. The number of para-hydroxylation sites is 1. The third kappa shape index (κ3) is 2.52. The Bertz CT molecular complexity index is 584. The molecule has 0 radical (unpaired) electrons. The van der Waals surface area contributed by atoms with Crippen molar-refractivity contribution < 1.29 is 5.11 Å². The number of nitrogens with zero attached hydrogens (tertiary/aromatic N) is 1. The third-order valence-corrected chi connectivity index (χ3v) is 3.89. The van der Waals surface area contributed by atoms with Crippen molar-refractivity contribution in [1.29, 1.82) is 0 Å². The molecule has 0 bridgehead atoms. The number of benzene rings is 1. The highest BCUT2D eigenvalue weighted by atomic mass is 35.5. The van der Waals surface area contributed by atoms with Gasteiger partial charge in [-0.3, -0.25) is 0 Å². The SMILES string of the molecule is CCc1cccc2c(C(C)O)c(Cl)n(CC(C)C)c12. The Labute approximate surface area is 120 Å². The number of hydrogen-bond donors (Lipinski definition) is 1. The molecular formula is C16H22ClNO. The Morgan fingerprint density at radius 2 is 1.95 bits per heavy atom. The zero-order valence-corrected chi connectivity index (χ0v) is 12.8. The van der Waals surface area contributed by atoms with Crippen LogP contribution in [0.1, 0.15) is 44.9 Å². The van der Waals surface area contributed by atoms with Gasteiger partial charge >= 0.3 is 0 Å². The molecule has 1 atom stereocenters. The molecule has 1 N–H and O–H groups in total. The van der Waals surface area contributed by atoms with Gasteiger partial charge in [0.1, 0.15) is 5.15 Å². The fourth-order valence-corrected chi connectivity index (χ4v) is 3.11. The van der Waals surface area contributed by atoms with Crippen molar-refractivity contribution in [3.8, 4) is 0 Å². The summed E-state index contributed by atoms with van der Waals surface area (Å²) in [4.78, 5) is 0. The molecule has 0 spiro atoms. The highest BCUT2D eigenvalue weighted by Gasteiger charge is 2.20. The Morgan fingerprint density at radius 1 is 1.26 bits per heavy atom. The first-order chi connectivity index (χ1) is 8.97. The smallest absolute Gasteiger partial charge is 0.115 e. The maximum atomic E-state index is 10.0. The van der Waals surface area contributed by atoms with Gasteiger partial charge in [0.15, 0.2) is 0 Å². The lowest BCUT2D eigenvalue weighted by Gasteiger charge is -2.12. The van der Waals surface area contributed by atoms with Crippen LogP contribution in [0.25, 0.3) is 10.9 Å². The summed E-state index contributed by atoms with van der Waals surface area (Å²) >= 11 is 6.52. The number of aromatic nitrogens is 1.